The Bertz CT molecular complexity index is 1060. The zero-order chi connectivity index (χ0) is 17.9. The number of methoxy groups -OCH3 is 2. The van der Waals surface area contributed by atoms with E-state index in [-0.39, 0.29) is 0 Å². The number of aromatic amines is 1. The summed E-state index contributed by atoms with van der Waals surface area (Å²) in [6.07, 6.45) is 1.60. The number of nitrogens with zero attached hydrogens (tertiary/aromatic N) is 3. The van der Waals surface area contributed by atoms with E-state index in [0.29, 0.717) is 23.0 Å². The number of fused-ring (bicyclic) bond motifs is 1. The largest absolute Gasteiger partial charge is 0.496 e. The van der Waals surface area contributed by atoms with Gasteiger partial charge in [-0.3, -0.25) is 0 Å². The maximum absolute atomic E-state index is 5.48. The number of aromatic nitrogens is 4. The van der Waals surface area contributed by atoms with Crippen LogP contribution in [0.1, 0.15) is 0 Å². The number of para-hydroxylation sites is 3. The van der Waals surface area contributed by atoms with Crippen LogP contribution in [0.2, 0.25) is 0 Å². The topological polar surface area (TPSA) is 85.0 Å². The van der Waals surface area contributed by atoms with Gasteiger partial charge in [0.25, 0.3) is 0 Å². The quantitative estimate of drug-likeness (QED) is 0.571. The van der Waals surface area contributed by atoms with E-state index in [1.165, 1.54) is 0 Å². The highest BCUT2D eigenvalue weighted by molar-refractivity contribution is 5.90. The fraction of sp³-hybridized carbons (Fsp3) is 0.105. The van der Waals surface area contributed by atoms with Gasteiger partial charge in [-0.2, -0.15) is 4.98 Å². The van der Waals surface area contributed by atoms with Gasteiger partial charge in [-0.05, 0) is 24.3 Å². The molecule has 2 aromatic heterocycles. The number of H-pyrrole nitrogens is 1. The summed E-state index contributed by atoms with van der Waals surface area (Å²) >= 11 is 0. The van der Waals surface area contributed by atoms with E-state index in [1.54, 1.807) is 20.5 Å². The molecule has 2 heterocycles. The van der Waals surface area contributed by atoms with E-state index in [9.17, 15) is 0 Å². The summed E-state index contributed by atoms with van der Waals surface area (Å²) in [6.45, 7) is 0. The van der Waals surface area contributed by atoms with Crippen LogP contribution in [-0.2, 0) is 0 Å². The van der Waals surface area contributed by atoms with Crippen LogP contribution in [0.25, 0.3) is 22.4 Å². The third kappa shape index (κ3) is 2.79. The molecule has 0 saturated heterocycles. The van der Waals surface area contributed by atoms with Crippen LogP contribution >= 0.6 is 0 Å². The van der Waals surface area contributed by atoms with Gasteiger partial charge in [0.05, 0.1) is 26.2 Å². The van der Waals surface area contributed by atoms with Gasteiger partial charge in [0.2, 0.25) is 5.95 Å². The molecular weight excluding hydrogens is 330 g/mol. The smallest absolute Gasteiger partial charge is 0.230 e. The lowest BCUT2D eigenvalue weighted by Gasteiger charge is -2.12. The predicted molar refractivity (Wildman–Crippen MR) is 99.9 cm³/mol. The van der Waals surface area contributed by atoms with Gasteiger partial charge < -0.3 is 19.8 Å². The Kier molecular flexibility index (Phi) is 4.10. The second-order valence-corrected chi connectivity index (χ2v) is 5.52. The minimum absolute atomic E-state index is 0.426. The summed E-state index contributed by atoms with van der Waals surface area (Å²) in [4.78, 5) is 16.6. The molecular formula is C19H17N5O2. The molecule has 4 rings (SSSR count). The van der Waals surface area contributed by atoms with Crippen molar-refractivity contribution in [3.05, 3.63) is 54.9 Å². The lowest BCUT2D eigenvalue weighted by atomic mass is 10.1. The Hall–Kier alpha value is -3.61. The highest BCUT2D eigenvalue weighted by atomic mass is 16.5. The van der Waals surface area contributed by atoms with Gasteiger partial charge in [0.1, 0.15) is 22.7 Å². The number of imidazole rings is 1. The molecule has 0 aliphatic carbocycles. The molecule has 2 aromatic carbocycles. The first-order chi connectivity index (χ1) is 12.8. The fourth-order valence-corrected chi connectivity index (χ4v) is 2.79. The molecule has 0 radical (unpaired) electrons. The number of hydrogen-bond acceptors (Lipinski definition) is 6. The number of hydrogen-bond donors (Lipinski definition) is 2. The number of anilines is 2. The SMILES string of the molecule is COc1ccccc1Nc1nc(-c2ccccc2OC)c2[nH]cnc2n1. The summed E-state index contributed by atoms with van der Waals surface area (Å²) in [5, 5.41) is 3.21. The predicted octanol–water partition coefficient (Wildman–Crippen LogP) is 3.78. The van der Waals surface area contributed by atoms with E-state index in [1.807, 2.05) is 48.5 Å². The number of nitrogens with one attached hydrogen (secondary N) is 2. The molecule has 4 aromatic rings. The zero-order valence-electron chi connectivity index (χ0n) is 14.4. The first-order valence-electron chi connectivity index (χ1n) is 8.04. The lowest BCUT2D eigenvalue weighted by molar-refractivity contribution is 0.416. The summed E-state index contributed by atoms with van der Waals surface area (Å²) in [5.41, 5.74) is 3.66. The minimum Gasteiger partial charge on any atom is -0.496 e. The van der Waals surface area contributed by atoms with E-state index in [0.717, 1.165) is 22.5 Å². The summed E-state index contributed by atoms with van der Waals surface area (Å²) in [7, 11) is 3.26. The van der Waals surface area contributed by atoms with E-state index in [4.69, 9.17) is 14.5 Å². The van der Waals surface area contributed by atoms with E-state index >= 15 is 0 Å². The standard InChI is InChI=1S/C19H17N5O2/c1-25-14-9-5-3-7-12(14)16-17-18(21-11-20-17)24-19(23-16)22-13-8-4-6-10-15(13)26-2/h3-11H,1-2H3,(H2,20,21,22,23,24). The maximum atomic E-state index is 5.48. The zero-order valence-corrected chi connectivity index (χ0v) is 14.4. The van der Waals surface area contributed by atoms with E-state index < -0.39 is 0 Å². The van der Waals surface area contributed by atoms with Crippen molar-refractivity contribution in [2.45, 2.75) is 0 Å². The summed E-state index contributed by atoms with van der Waals surface area (Å²) in [5.74, 6) is 1.86. The average molecular weight is 347 g/mol. The van der Waals surface area contributed by atoms with Crippen LogP contribution in [0.4, 0.5) is 11.6 Å². The van der Waals surface area contributed by atoms with Crippen molar-refractivity contribution < 1.29 is 9.47 Å². The molecule has 0 aliphatic heterocycles. The third-order valence-electron chi connectivity index (χ3n) is 4.00. The monoisotopic (exact) mass is 347 g/mol. The molecule has 7 heteroatoms. The van der Waals surface area contributed by atoms with Crippen molar-refractivity contribution >= 4 is 22.8 Å². The minimum atomic E-state index is 0.426. The third-order valence-corrected chi connectivity index (χ3v) is 4.00. The Morgan fingerprint density at radius 2 is 1.62 bits per heavy atom. The average Bonchev–Trinajstić information content (AvgIpc) is 3.16. The van der Waals surface area contributed by atoms with Gasteiger partial charge in [0.15, 0.2) is 5.65 Å². The highest BCUT2D eigenvalue weighted by Gasteiger charge is 2.16. The van der Waals surface area contributed by atoms with Gasteiger partial charge in [-0.1, -0.05) is 24.3 Å². The molecule has 0 bridgehead atoms. The summed E-state index contributed by atoms with van der Waals surface area (Å²) in [6, 6.07) is 15.3. The normalized spacial score (nSPS) is 10.7. The van der Waals surface area contributed by atoms with E-state index in [2.05, 4.69) is 20.3 Å². The lowest BCUT2D eigenvalue weighted by Crippen LogP contribution is -2.01. The van der Waals surface area contributed by atoms with Crippen LogP contribution in [-0.4, -0.2) is 34.2 Å². The van der Waals surface area contributed by atoms with Crippen molar-refractivity contribution in [2.24, 2.45) is 0 Å². The first-order valence-corrected chi connectivity index (χ1v) is 8.04. The molecule has 2 N–H and O–H groups in total. The van der Waals surface area contributed by atoms with Gasteiger partial charge in [0, 0.05) is 5.56 Å². The Balaban J connectivity index is 1.85. The fourth-order valence-electron chi connectivity index (χ4n) is 2.79. The molecule has 0 atom stereocenters. The second kappa shape index (κ2) is 6.72. The molecule has 0 spiro atoms. The molecule has 26 heavy (non-hydrogen) atoms. The molecule has 130 valence electrons. The van der Waals surface area contributed by atoms with Crippen molar-refractivity contribution in [3.63, 3.8) is 0 Å². The first kappa shape index (κ1) is 15.9. The molecule has 0 fully saturated rings. The van der Waals surface area contributed by atoms with Crippen molar-refractivity contribution in [1.82, 2.24) is 19.9 Å². The number of ether oxygens (including phenoxy) is 2. The van der Waals surface area contributed by atoms with Gasteiger partial charge in [-0.25, -0.2) is 9.97 Å². The molecule has 0 unspecified atom stereocenters. The van der Waals surface area contributed by atoms with Crippen LogP contribution in [0.15, 0.2) is 54.9 Å². The van der Waals surface area contributed by atoms with Crippen molar-refractivity contribution in [3.8, 4) is 22.8 Å². The number of benzene rings is 2. The molecule has 0 saturated carbocycles. The Morgan fingerprint density at radius 3 is 2.42 bits per heavy atom. The van der Waals surface area contributed by atoms with Crippen molar-refractivity contribution in [1.29, 1.82) is 0 Å². The maximum Gasteiger partial charge on any atom is 0.230 e. The molecule has 0 amide bonds. The molecule has 0 aliphatic rings. The van der Waals surface area contributed by atoms with Crippen LogP contribution < -0.4 is 14.8 Å². The Labute approximate surface area is 150 Å². The molecule has 7 nitrogen and oxygen atoms in total. The van der Waals surface area contributed by atoms with Gasteiger partial charge >= 0.3 is 0 Å². The Morgan fingerprint density at radius 1 is 0.885 bits per heavy atom. The summed E-state index contributed by atoms with van der Waals surface area (Å²) < 4.78 is 10.9. The number of rotatable bonds is 5. The van der Waals surface area contributed by atoms with Crippen LogP contribution in [0.3, 0.4) is 0 Å². The second-order valence-electron chi connectivity index (χ2n) is 5.52. The van der Waals surface area contributed by atoms with Crippen LogP contribution in [0.5, 0.6) is 11.5 Å². The van der Waals surface area contributed by atoms with Crippen LogP contribution in [0, 0.1) is 0 Å². The van der Waals surface area contributed by atoms with Crippen molar-refractivity contribution in [2.75, 3.05) is 19.5 Å². The highest BCUT2D eigenvalue weighted by Crippen LogP contribution is 2.33. The van der Waals surface area contributed by atoms with Gasteiger partial charge in [-0.15, -0.1) is 0 Å².